The molecule has 3 heterocycles. The first-order chi connectivity index (χ1) is 8.78. The molecule has 5 heteroatoms. The Hall–Kier alpha value is -1.75. The van der Waals surface area contributed by atoms with Crippen LogP contribution in [0.2, 0.25) is 0 Å². The number of hydrogen-bond donors (Lipinski definition) is 1. The summed E-state index contributed by atoms with van der Waals surface area (Å²) in [5.41, 5.74) is 7.30. The Bertz CT molecular complexity index is 556. The minimum absolute atomic E-state index is 0.486. The third kappa shape index (κ3) is 1.90. The van der Waals surface area contributed by atoms with Gasteiger partial charge in [0.05, 0.1) is 0 Å². The zero-order valence-corrected chi connectivity index (χ0v) is 10.5. The van der Waals surface area contributed by atoms with Crippen LogP contribution in [-0.4, -0.2) is 34.1 Å². The smallest absolute Gasteiger partial charge is 0.180 e. The fourth-order valence-corrected chi connectivity index (χ4v) is 2.64. The Morgan fingerprint density at radius 2 is 2.17 bits per heavy atom. The summed E-state index contributed by atoms with van der Waals surface area (Å²) in [5, 5.41) is 0. The van der Waals surface area contributed by atoms with E-state index in [1.54, 1.807) is 12.4 Å². The van der Waals surface area contributed by atoms with E-state index in [1.165, 1.54) is 0 Å². The molecule has 2 aromatic rings. The molecule has 0 radical (unpaired) electrons. The Morgan fingerprint density at radius 1 is 1.33 bits per heavy atom. The van der Waals surface area contributed by atoms with Crippen LogP contribution in [0, 0.1) is 5.92 Å². The maximum Gasteiger partial charge on any atom is 0.180 e. The molecule has 94 valence electrons. The van der Waals surface area contributed by atoms with E-state index < -0.39 is 0 Å². The minimum Gasteiger partial charge on any atom is -0.353 e. The zero-order chi connectivity index (χ0) is 12.5. The maximum atomic E-state index is 5.76. The summed E-state index contributed by atoms with van der Waals surface area (Å²) in [6, 6.07) is 4.49. The van der Waals surface area contributed by atoms with Crippen molar-refractivity contribution in [1.82, 2.24) is 15.0 Å². The Balaban J connectivity index is 1.94. The first kappa shape index (κ1) is 11.3. The van der Waals surface area contributed by atoms with Crippen LogP contribution < -0.4 is 10.6 Å². The van der Waals surface area contributed by atoms with E-state index in [0.717, 1.165) is 30.8 Å². The van der Waals surface area contributed by atoms with Crippen molar-refractivity contribution in [2.24, 2.45) is 11.7 Å². The van der Waals surface area contributed by atoms with Gasteiger partial charge in [-0.25, -0.2) is 9.97 Å². The van der Waals surface area contributed by atoms with Crippen molar-refractivity contribution in [2.45, 2.75) is 19.4 Å². The first-order valence-corrected chi connectivity index (χ1v) is 6.32. The number of fused-ring (bicyclic) bond motifs is 1. The summed E-state index contributed by atoms with van der Waals surface area (Å²) in [6.45, 7) is 3.95. The van der Waals surface area contributed by atoms with E-state index in [-0.39, 0.29) is 0 Å². The lowest BCUT2D eigenvalue weighted by Crippen LogP contribution is -2.28. The van der Waals surface area contributed by atoms with Gasteiger partial charge in [-0.05, 0) is 37.9 Å². The van der Waals surface area contributed by atoms with Crippen LogP contribution >= 0.6 is 0 Å². The summed E-state index contributed by atoms with van der Waals surface area (Å²) in [6.07, 6.45) is 4.50. The normalized spacial score (nSPS) is 23.8. The van der Waals surface area contributed by atoms with Crippen LogP contribution in [0.3, 0.4) is 0 Å². The average molecular weight is 243 g/mol. The molecule has 1 fully saturated rings. The molecule has 0 bridgehead atoms. The Morgan fingerprint density at radius 3 is 2.94 bits per heavy atom. The number of hydrogen-bond acceptors (Lipinski definition) is 5. The van der Waals surface area contributed by atoms with Gasteiger partial charge in [-0.1, -0.05) is 0 Å². The van der Waals surface area contributed by atoms with Gasteiger partial charge in [0.25, 0.3) is 0 Å². The molecule has 1 aliphatic heterocycles. The van der Waals surface area contributed by atoms with Crippen molar-refractivity contribution in [3.8, 4) is 0 Å². The van der Waals surface area contributed by atoms with Crippen LogP contribution in [0.25, 0.3) is 11.2 Å². The van der Waals surface area contributed by atoms with Crippen LogP contribution in [0.15, 0.2) is 24.5 Å². The second kappa shape index (κ2) is 4.49. The molecule has 0 aliphatic carbocycles. The van der Waals surface area contributed by atoms with Crippen LogP contribution in [0.5, 0.6) is 0 Å². The molecule has 0 spiro atoms. The van der Waals surface area contributed by atoms with E-state index in [9.17, 15) is 0 Å². The number of nitrogens with zero attached hydrogens (tertiary/aromatic N) is 4. The van der Waals surface area contributed by atoms with Crippen molar-refractivity contribution >= 4 is 17.0 Å². The molecule has 5 nitrogen and oxygen atoms in total. The Labute approximate surface area is 106 Å². The van der Waals surface area contributed by atoms with Crippen LogP contribution in [-0.2, 0) is 0 Å². The van der Waals surface area contributed by atoms with Crippen molar-refractivity contribution in [3.05, 3.63) is 24.5 Å². The number of nitrogens with two attached hydrogens (primary N) is 1. The van der Waals surface area contributed by atoms with Crippen LogP contribution in [0.4, 0.5) is 5.82 Å². The molecule has 0 saturated carbocycles. The topological polar surface area (TPSA) is 67.9 Å². The summed E-state index contributed by atoms with van der Waals surface area (Å²) in [4.78, 5) is 15.4. The molecule has 2 atom stereocenters. The highest BCUT2D eigenvalue weighted by Crippen LogP contribution is 2.27. The van der Waals surface area contributed by atoms with E-state index in [1.807, 2.05) is 12.1 Å². The van der Waals surface area contributed by atoms with E-state index in [2.05, 4.69) is 26.8 Å². The van der Waals surface area contributed by atoms with E-state index in [4.69, 9.17) is 5.73 Å². The lowest BCUT2D eigenvalue weighted by Gasteiger charge is -2.22. The zero-order valence-electron chi connectivity index (χ0n) is 10.5. The molecule has 2 N–H and O–H groups in total. The highest BCUT2D eigenvalue weighted by molar-refractivity contribution is 5.71. The highest BCUT2D eigenvalue weighted by atomic mass is 15.2. The van der Waals surface area contributed by atoms with E-state index >= 15 is 0 Å². The number of aromatic nitrogens is 3. The fourth-order valence-electron chi connectivity index (χ4n) is 2.64. The SMILES string of the molecule is CC1CC(CN)CN1c1ccc2nccnc2n1. The van der Waals surface area contributed by atoms with Gasteiger partial charge in [-0.3, -0.25) is 4.98 Å². The molecular formula is C13H17N5. The van der Waals surface area contributed by atoms with Gasteiger partial charge in [0.15, 0.2) is 5.65 Å². The molecular weight excluding hydrogens is 226 g/mol. The molecule has 2 aromatic heterocycles. The molecule has 18 heavy (non-hydrogen) atoms. The summed E-state index contributed by atoms with van der Waals surface area (Å²) in [7, 11) is 0. The van der Waals surface area contributed by atoms with Crippen molar-refractivity contribution < 1.29 is 0 Å². The monoisotopic (exact) mass is 243 g/mol. The molecule has 3 rings (SSSR count). The van der Waals surface area contributed by atoms with Crippen molar-refractivity contribution in [1.29, 1.82) is 0 Å². The van der Waals surface area contributed by atoms with Gasteiger partial charge in [0.1, 0.15) is 11.3 Å². The third-order valence-corrected chi connectivity index (χ3v) is 3.61. The molecule has 1 saturated heterocycles. The number of anilines is 1. The predicted octanol–water partition coefficient (Wildman–Crippen LogP) is 1.20. The van der Waals surface area contributed by atoms with Gasteiger partial charge >= 0.3 is 0 Å². The summed E-state index contributed by atoms with van der Waals surface area (Å²) < 4.78 is 0. The Kier molecular flexibility index (Phi) is 2.83. The quantitative estimate of drug-likeness (QED) is 0.858. The van der Waals surface area contributed by atoms with Crippen LogP contribution in [0.1, 0.15) is 13.3 Å². The molecule has 2 unspecified atom stereocenters. The molecule has 0 aromatic carbocycles. The van der Waals surface area contributed by atoms with Gasteiger partial charge in [-0.15, -0.1) is 0 Å². The van der Waals surface area contributed by atoms with E-state index in [0.29, 0.717) is 17.6 Å². The average Bonchev–Trinajstić information content (AvgIpc) is 2.79. The molecule has 0 amide bonds. The van der Waals surface area contributed by atoms with Gasteiger partial charge in [0.2, 0.25) is 0 Å². The summed E-state index contributed by atoms with van der Waals surface area (Å²) >= 11 is 0. The highest BCUT2D eigenvalue weighted by Gasteiger charge is 2.29. The van der Waals surface area contributed by atoms with Gasteiger partial charge in [0, 0.05) is 25.0 Å². The second-order valence-corrected chi connectivity index (χ2v) is 4.91. The molecule has 1 aliphatic rings. The lowest BCUT2D eigenvalue weighted by molar-refractivity contribution is 0.579. The largest absolute Gasteiger partial charge is 0.353 e. The standard InChI is InChI=1S/C13H17N5/c1-9-6-10(7-14)8-18(9)12-3-2-11-13(17-12)16-5-4-15-11/h2-5,9-10H,6-8,14H2,1H3. The minimum atomic E-state index is 0.486. The predicted molar refractivity (Wildman–Crippen MR) is 71.3 cm³/mol. The second-order valence-electron chi connectivity index (χ2n) is 4.91. The third-order valence-electron chi connectivity index (χ3n) is 3.61. The number of pyridine rings is 1. The first-order valence-electron chi connectivity index (χ1n) is 6.32. The van der Waals surface area contributed by atoms with Gasteiger partial charge in [-0.2, -0.15) is 0 Å². The number of rotatable bonds is 2. The fraction of sp³-hybridized carbons (Fsp3) is 0.462. The lowest BCUT2D eigenvalue weighted by atomic mass is 10.1. The summed E-state index contributed by atoms with van der Waals surface area (Å²) in [5.74, 6) is 1.55. The van der Waals surface area contributed by atoms with Crippen molar-refractivity contribution in [2.75, 3.05) is 18.0 Å². The maximum absolute atomic E-state index is 5.76. The van der Waals surface area contributed by atoms with Gasteiger partial charge < -0.3 is 10.6 Å². The van der Waals surface area contributed by atoms with Crippen molar-refractivity contribution in [3.63, 3.8) is 0 Å².